The number of carbonyl (C=O) groups is 1. The van der Waals surface area contributed by atoms with Crippen LogP contribution in [0.4, 0.5) is 10.5 Å². The van der Waals surface area contributed by atoms with Gasteiger partial charge in [-0.05, 0) is 55.3 Å². The number of amides is 2. The number of hydrogen-bond donors (Lipinski definition) is 2. The summed E-state index contributed by atoms with van der Waals surface area (Å²) in [4.78, 5) is 11.9. The molecule has 0 radical (unpaired) electrons. The molecular formula is C25H27N3O3. The lowest BCUT2D eigenvalue weighted by Gasteiger charge is -2.12. The van der Waals surface area contributed by atoms with Crippen LogP contribution in [-0.2, 0) is 0 Å². The molecule has 0 aliphatic carbocycles. The predicted molar refractivity (Wildman–Crippen MR) is 124 cm³/mol. The van der Waals surface area contributed by atoms with E-state index in [1.54, 1.807) is 18.3 Å². The van der Waals surface area contributed by atoms with Crippen molar-refractivity contribution in [1.29, 1.82) is 0 Å². The lowest BCUT2D eigenvalue weighted by atomic mass is 10.1. The molecule has 2 amide bonds. The summed E-state index contributed by atoms with van der Waals surface area (Å²) in [5.74, 6) is 1.61. The molecule has 6 heteroatoms. The summed E-state index contributed by atoms with van der Waals surface area (Å²) >= 11 is 0. The van der Waals surface area contributed by atoms with Crippen molar-refractivity contribution in [2.24, 2.45) is 5.10 Å². The van der Waals surface area contributed by atoms with Crippen molar-refractivity contribution in [2.75, 3.05) is 18.5 Å². The van der Waals surface area contributed by atoms with E-state index in [-0.39, 0.29) is 0 Å². The molecule has 0 spiro atoms. The molecule has 160 valence electrons. The van der Waals surface area contributed by atoms with Crippen LogP contribution >= 0.6 is 0 Å². The molecular weight excluding hydrogens is 390 g/mol. The maximum atomic E-state index is 11.9. The summed E-state index contributed by atoms with van der Waals surface area (Å²) in [6, 6.07) is 22.4. The van der Waals surface area contributed by atoms with Crippen LogP contribution in [0.1, 0.15) is 23.1 Å². The Kier molecular flexibility index (Phi) is 8.05. The lowest BCUT2D eigenvalue weighted by Crippen LogP contribution is -2.24. The fourth-order valence-corrected chi connectivity index (χ4v) is 2.86. The number of benzene rings is 3. The summed E-state index contributed by atoms with van der Waals surface area (Å²) in [6.45, 7) is 5.22. The number of aryl methyl sites for hydroxylation is 1. The van der Waals surface area contributed by atoms with Crippen LogP contribution in [0.15, 0.2) is 77.9 Å². The average molecular weight is 418 g/mol. The molecule has 0 aliphatic rings. The van der Waals surface area contributed by atoms with Crippen molar-refractivity contribution >= 4 is 17.9 Å². The molecule has 0 fully saturated rings. The van der Waals surface area contributed by atoms with Crippen LogP contribution in [0.3, 0.4) is 0 Å². The van der Waals surface area contributed by atoms with Gasteiger partial charge in [0, 0.05) is 17.7 Å². The number of carbonyl (C=O) groups excluding carboxylic acids is 1. The number of rotatable bonds is 9. The minimum atomic E-state index is -0.413. The van der Waals surface area contributed by atoms with Gasteiger partial charge in [0.05, 0.1) is 19.4 Å². The van der Waals surface area contributed by atoms with Gasteiger partial charge in [-0.15, -0.1) is 0 Å². The SMILES string of the molecule is Cc1cccc(OCCCOc2ccccc2/C=N\NC(=O)Nc2ccccc2)c1C. The molecule has 0 aliphatic heterocycles. The molecule has 0 aromatic heterocycles. The minimum Gasteiger partial charge on any atom is -0.493 e. The summed E-state index contributed by atoms with van der Waals surface area (Å²) < 4.78 is 11.7. The third-order valence-electron chi connectivity index (χ3n) is 4.68. The van der Waals surface area contributed by atoms with E-state index in [1.807, 2.05) is 54.6 Å². The first-order chi connectivity index (χ1) is 15.1. The molecule has 6 nitrogen and oxygen atoms in total. The zero-order chi connectivity index (χ0) is 21.9. The molecule has 0 atom stereocenters. The van der Waals surface area contributed by atoms with E-state index in [1.165, 1.54) is 5.56 Å². The van der Waals surface area contributed by atoms with Gasteiger partial charge < -0.3 is 14.8 Å². The molecule has 0 heterocycles. The zero-order valence-corrected chi connectivity index (χ0v) is 17.8. The number of nitrogens with one attached hydrogen (secondary N) is 2. The molecule has 3 rings (SSSR count). The van der Waals surface area contributed by atoms with Crippen molar-refractivity contribution in [3.8, 4) is 11.5 Å². The predicted octanol–water partition coefficient (Wildman–Crippen LogP) is 5.31. The van der Waals surface area contributed by atoms with Crippen LogP contribution in [0.25, 0.3) is 0 Å². The second-order valence-electron chi connectivity index (χ2n) is 6.98. The number of hydrogen-bond acceptors (Lipinski definition) is 4. The number of hydrazone groups is 1. The van der Waals surface area contributed by atoms with Gasteiger partial charge in [-0.1, -0.05) is 42.5 Å². The third-order valence-corrected chi connectivity index (χ3v) is 4.68. The highest BCUT2D eigenvalue weighted by Crippen LogP contribution is 2.21. The fourth-order valence-electron chi connectivity index (χ4n) is 2.86. The maximum Gasteiger partial charge on any atom is 0.339 e. The molecule has 0 unspecified atom stereocenters. The van der Waals surface area contributed by atoms with E-state index in [4.69, 9.17) is 9.47 Å². The van der Waals surface area contributed by atoms with Gasteiger partial charge in [-0.3, -0.25) is 0 Å². The van der Waals surface area contributed by atoms with Crippen molar-refractivity contribution in [3.05, 3.63) is 89.5 Å². The van der Waals surface area contributed by atoms with Crippen LogP contribution in [0.5, 0.6) is 11.5 Å². The van der Waals surface area contributed by atoms with Crippen molar-refractivity contribution in [1.82, 2.24) is 5.43 Å². The molecule has 0 saturated heterocycles. The van der Waals surface area contributed by atoms with Gasteiger partial charge in [-0.2, -0.15) is 5.10 Å². The summed E-state index contributed by atoms with van der Waals surface area (Å²) in [5, 5.41) is 6.71. The maximum absolute atomic E-state index is 11.9. The molecule has 31 heavy (non-hydrogen) atoms. The first kappa shape index (κ1) is 21.9. The van der Waals surface area contributed by atoms with E-state index < -0.39 is 6.03 Å². The van der Waals surface area contributed by atoms with E-state index in [9.17, 15) is 4.79 Å². The fraction of sp³-hybridized carbons (Fsp3) is 0.200. The van der Waals surface area contributed by atoms with Crippen LogP contribution in [0, 0.1) is 13.8 Å². The Morgan fingerprint density at radius 2 is 1.55 bits per heavy atom. The number of ether oxygens (including phenoxy) is 2. The smallest absolute Gasteiger partial charge is 0.339 e. The van der Waals surface area contributed by atoms with Crippen molar-refractivity contribution < 1.29 is 14.3 Å². The van der Waals surface area contributed by atoms with E-state index in [0.29, 0.717) is 24.7 Å². The Labute approximate surface area is 182 Å². The van der Waals surface area contributed by atoms with E-state index in [2.05, 4.69) is 35.8 Å². The van der Waals surface area contributed by atoms with Gasteiger partial charge in [0.2, 0.25) is 0 Å². The Morgan fingerprint density at radius 3 is 2.35 bits per heavy atom. The van der Waals surface area contributed by atoms with Crippen LogP contribution in [-0.4, -0.2) is 25.5 Å². The second-order valence-corrected chi connectivity index (χ2v) is 6.98. The standard InChI is InChI=1S/C25H27N3O3/c1-19-10-8-15-23(20(19)2)30-16-9-17-31-24-14-7-6-11-21(24)18-26-28-25(29)27-22-12-4-3-5-13-22/h3-8,10-15,18H,9,16-17H2,1-2H3,(H2,27,28,29)/b26-18-. The second kappa shape index (κ2) is 11.4. The summed E-state index contributed by atoms with van der Waals surface area (Å²) in [6.07, 6.45) is 2.31. The largest absolute Gasteiger partial charge is 0.493 e. The van der Waals surface area contributed by atoms with E-state index in [0.717, 1.165) is 23.3 Å². The van der Waals surface area contributed by atoms with E-state index >= 15 is 0 Å². The number of urea groups is 1. The Hall–Kier alpha value is -3.80. The van der Waals surface area contributed by atoms with Gasteiger partial charge in [0.15, 0.2) is 0 Å². The first-order valence-corrected chi connectivity index (χ1v) is 10.2. The number of para-hydroxylation sites is 2. The summed E-state index contributed by atoms with van der Waals surface area (Å²) in [7, 11) is 0. The monoisotopic (exact) mass is 417 g/mol. The summed E-state index contributed by atoms with van der Waals surface area (Å²) in [5.41, 5.74) is 6.30. The van der Waals surface area contributed by atoms with Gasteiger partial charge >= 0.3 is 6.03 Å². The quantitative estimate of drug-likeness (QED) is 0.282. The van der Waals surface area contributed by atoms with Crippen molar-refractivity contribution in [2.45, 2.75) is 20.3 Å². The topological polar surface area (TPSA) is 72.0 Å². The lowest BCUT2D eigenvalue weighted by molar-refractivity contribution is 0.246. The number of nitrogens with zero attached hydrogens (tertiary/aromatic N) is 1. The first-order valence-electron chi connectivity index (χ1n) is 10.2. The molecule has 3 aromatic rings. The van der Waals surface area contributed by atoms with Crippen LogP contribution in [0.2, 0.25) is 0 Å². The highest BCUT2D eigenvalue weighted by Gasteiger charge is 2.04. The molecule has 2 N–H and O–H groups in total. The Morgan fingerprint density at radius 1 is 0.871 bits per heavy atom. The van der Waals surface area contributed by atoms with Crippen molar-refractivity contribution in [3.63, 3.8) is 0 Å². The van der Waals surface area contributed by atoms with Gasteiger partial charge in [-0.25, -0.2) is 10.2 Å². The number of anilines is 1. The average Bonchev–Trinajstić information content (AvgIpc) is 2.78. The molecule has 0 saturated carbocycles. The molecule has 3 aromatic carbocycles. The highest BCUT2D eigenvalue weighted by atomic mass is 16.5. The molecule has 0 bridgehead atoms. The Bertz CT molecular complexity index is 1020. The van der Waals surface area contributed by atoms with Crippen LogP contribution < -0.4 is 20.2 Å². The highest BCUT2D eigenvalue weighted by molar-refractivity contribution is 5.90. The normalized spacial score (nSPS) is 10.6. The minimum absolute atomic E-state index is 0.413. The third kappa shape index (κ3) is 6.89. The Balaban J connectivity index is 1.44. The zero-order valence-electron chi connectivity index (χ0n) is 17.8. The van der Waals surface area contributed by atoms with Gasteiger partial charge in [0.1, 0.15) is 11.5 Å². The van der Waals surface area contributed by atoms with Gasteiger partial charge in [0.25, 0.3) is 0 Å².